The molecule has 0 heterocycles. The highest BCUT2D eigenvalue weighted by Crippen LogP contribution is 2.13. The Morgan fingerprint density at radius 2 is 2.06 bits per heavy atom. The fourth-order valence-electron chi connectivity index (χ4n) is 1.83. The first-order valence-corrected chi connectivity index (χ1v) is 7.10. The number of carboxylic acids is 1. The fraction of sp³-hybridized carbons (Fsp3) is 0.500. The summed E-state index contributed by atoms with van der Waals surface area (Å²) in [5.41, 5.74) is 1.32. The number of carbonyl (C=O) groups is 1. The molecule has 0 saturated heterocycles. The molecule has 3 nitrogen and oxygen atoms in total. The predicted octanol–water partition coefficient (Wildman–Crippen LogP) is 3.22. The Morgan fingerprint density at radius 1 is 1.39 bits per heavy atom. The van der Waals surface area contributed by atoms with Gasteiger partial charge < -0.3 is 10.4 Å². The van der Waals surface area contributed by atoms with E-state index in [-0.39, 0.29) is 6.42 Å². The van der Waals surface area contributed by atoms with E-state index in [1.165, 1.54) is 5.56 Å². The van der Waals surface area contributed by atoms with Gasteiger partial charge in [0.2, 0.25) is 0 Å². The summed E-state index contributed by atoms with van der Waals surface area (Å²) in [6, 6.07) is 8.73. The van der Waals surface area contributed by atoms with Crippen molar-refractivity contribution in [1.29, 1.82) is 0 Å². The molecule has 18 heavy (non-hydrogen) atoms. The molecule has 100 valence electrons. The highest BCUT2D eigenvalue weighted by Gasteiger charge is 2.06. The predicted molar refractivity (Wildman–Crippen MR) is 76.8 cm³/mol. The molecule has 1 rings (SSSR count). The maximum Gasteiger partial charge on any atom is 0.304 e. The van der Waals surface area contributed by atoms with E-state index in [2.05, 4.69) is 40.3 Å². The van der Waals surface area contributed by atoms with Crippen molar-refractivity contribution < 1.29 is 9.90 Å². The van der Waals surface area contributed by atoms with Gasteiger partial charge in [-0.25, -0.2) is 0 Å². The van der Waals surface area contributed by atoms with Gasteiger partial charge >= 0.3 is 5.97 Å². The van der Waals surface area contributed by atoms with Crippen LogP contribution >= 0.6 is 15.9 Å². The van der Waals surface area contributed by atoms with Crippen LogP contribution in [0.15, 0.2) is 28.7 Å². The fourth-order valence-corrected chi connectivity index (χ4v) is 2.09. The van der Waals surface area contributed by atoms with Gasteiger partial charge in [-0.3, -0.25) is 4.79 Å². The molecule has 0 aliphatic rings. The van der Waals surface area contributed by atoms with E-state index in [1.54, 1.807) is 0 Å². The van der Waals surface area contributed by atoms with Crippen molar-refractivity contribution in [3.05, 3.63) is 34.3 Å². The van der Waals surface area contributed by atoms with E-state index in [4.69, 9.17) is 5.11 Å². The Morgan fingerprint density at radius 3 is 2.61 bits per heavy atom. The number of hydrogen-bond donors (Lipinski definition) is 2. The van der Waals surface area contributed by atoms with Crippen LogP contribution in [0.2, 0.25) is 0 Å². The van der Waals surface area contributed by atoms with Crippen LogP contribution in [-0.2, 0) is 11.2 Å². The molecule has 2 N–H and O–H groups in total. The molecule has 0 aliphatic heterocycles. The Balaban J connectivity index is 2.30. The van der Waals surface area contributed by atoms with Gasteiger partial charge in [0.25, 0.3) is 0 Å². The Kier molecular flexibility index (Phi) is 6.98. The van der Waals surface area contributed by atoms with Crippen molar-refractivity contribution in [2.75, 3.05) is 6.54 Å². The SMILES string of the molecule is CCC(CCc1ccc(Br)cc1)NCCC(=O)O. The second kappa shape index (κ2) is 8.27. The summed E-state index contributed by atoms with van der Waals surface area (Å²) in [6.07, 6.45) is 3.27. The van der Waals surface area contributed by atoms with Crippen LogP contribution in [0.3, 0.4) is 0 Å². The van der Waals surface area contributed by atoms with Gasteiger partial charge in [-0.05, 0) is 37.0 Å². The maximum atomic E-state index is 10.4. The van der Waals surface area contributed by atoms with E-state index in [0.717, 1.165) is 23.7 Å². The molecule has 0 amide bonds. The molecule has 1 unspecified atom stereocenters. The van der Waals surface area contributed by atoms with E-state index in [9.17, 15) is 4.79 Å². The second-order valence-electron chi connectivity index (χ2n) is 4.37. The lowest BCUT2D eigenvalue weighted by molar-refractivity contribution is -0.136. The number of hydrogen-bond acceptors (Lipinski definition) is 2. The Hall–Kier alpha value is -0.870. The molecule has 0 aromatic heterocycles. The number of halogens is 1. The van der Waals surface area contributed by atoms with Gasteiger partial charge in [0, 0.05) is 17.1 Å². The molecule has 0 aliphatic carbocycles. The molecule has 1 atom stereocenters. The van der Waals surface area contributed by atoms with Crippen LogP contribution in [0.25, 0.3) is 0 Å². The summed E-state index contributed by atoms with van der Waals surface area (Å²) in [7, 11) is 0. The number of rotatable bonds is 8. The van der Waals surface area contributed by atoms with Crippen LogP contribution < -0.4 is 5.32 Å². The molecule has 0 fully saturated rings. The Bertz CT molecular complexity index is 365. The quantitative estimate of drug-likeness (QED) is 0.774. The standard InChI is InChI=1S/C14H20BrNO2/c1-2-13(16-10-9-14(17)18)8-5-11-3-6-12(15)7-4-11/h3-4,6-7,13,16H,2,5,8-10H2,1H3,(H,17,18). The molecule has 4 heteroatoms. The normalized spacial score (nSPS) is 12.3. The van der Waals surface area contributed by atoms with Crippen molar-refractivity contribution in [2.24, 2.45) is 0 Å². The lowest BCUT2D eigenvalue weighted by Gasteiger charge is -2.16. The summed E-state index contributed by atoms with van der Waals surface area (Å²) in [4.78, 5) is 10.4. The van der Waals surface area contributed by atoms with Crippen molar-refractivity contribution in [3.63, 3.8) is 0 Å². The van der Waals surface area contributed by atoms with Crippen LogP contribution in [0, 0.1) is 0 Å². The van der Waals surface area contributed by atoms with Crippen molar-refractivity contribution in [3.8, 4) is 0 Å². The minimum absolute atomic E-state index is 0.189. The molecule has 0 saturated carbocycles. The molecule has 1 aromatic carbocycles. The van der Waals surface area contributed by atoms with Crippen LogP contribution in [-0.4, -0.2) is 23.7 Å². The van der Waals surface area contributed by atoms with E-state index < -0.39 is 5.97 Å². The number of aryl methyl sites for hydroxylation is 1. The van der Waals surface area contributed by atoms with E-state index in [1.807, 2.05) is 12.1 Å². The zero-order chi connectivity index (χ0) is 13.4. The average Bonchev–Trinajstić information content (AvgIpc) is 2.35. The first-order valence-electron chi connectivity index (χ1n) is 6.31. The summed E-state index contributed by atoms with van der Waals surface area (Å²) >= 11 is 3.42. The van der Waals surface area contributed by atoms with Crippen LogP contribution in [0.1, 0.15) is 31.7 Å². The van der Waals surface area contributed by atoms with Crippen LogP contribution in [0.5, 0.6) is 0 Å². The highest BCUT2D eigenvalue weighted by molar-refractivity contribution is 9.10. The second-order valence-corrected chi connectivity index (χ2v) is 5.28. The Labute approximate surface area is 117 Å². The molecule has 0 bridgehead atoms. The molecule has 0 radical (unpaired) electrons. The molecule has 0 spiro atoms. The topological polar surface area (TPSA) is 49.3 Å². The van der Waals surface area contributed by atoms with Gasteiger partial charge in [0.05, 0.1) is 6.42 Å². The van der Waals surface area contributed by atoms with Gasteiger partial charge in [-0.2, -0.15) is 0 Å². The number of nitrogens with one attached hydrogen (secondary N) is 1. The molecule has 1 aromatic rings. The first kappa shape index (κ1) is 15.2. The lowest BCUT2D eigenvalue weighted by atomic mass is 10.0. The third kappa shape index (κ3) is 6.17. The van der Waals surface area contributed by atoms with Crippen molar-refractivity contribution in [2.45, 2.75) is 38.6 Å². The lowest BCUT2D eigenvalue weighted by Crippen LogP contribution is -2.30. The zero-order valence-electron chi connectivity index (χ0n) is 10.7. The minimum atomic E-state index is -0.745. The third-order valence-electron chi connectivity index (χ3n) is 2.96. The van der Waals surface area contributed by atoms with Gasteiger partial charge in [-0.15, -0.1) is 0 Å². The number of benzene rings is 1. The monoisotopic (exact) mass is 313 g/mol. The van der Waals surface area contributed by atoms with Gasteiger partial charge in [0.15, 0.2) is 0 Å². The third-order valence-corrected chi connectivity index (χ3v) is 3.49. The zero-order valence-corrected chi connectivity index (χ0v) is 12.2. The molecular formula is C14H20BrNO2. The molecular weight excluding hydrogens is 294 g/mol. The van der Waals surface area contributed by atoms with Gasteiger partial charge in [0.1, 0.15) is 0 Å². The summed E-state index contributed by atoms with van der Waals surface area (Å²) < 4.78 is 1.10. The largest absolute Gasteiger partial charge is 0.481 e. The van der Waals surface area contributed by atoms with Crippen molar-refractivity contribution >= 4 is 21.9 Å². The van der Waals surface area contributed by atoms with Gasteiger partial charge in [-0.1, -0.05) is 35.0 Å². The highest BCUT2D eigenvalue weighted by atomic mass is 79.9. The number of carboxylic acid groups (broad SMARTS) is 1. The maximum absolute atomic E-state index is 10.4. The minimum Gasteiger partial charge on any atom is -0.481 e. The summed E-state index contributed by atoms with van der Waals surface area (Å²) in [6.45, 7) is 2.67. The average molecular weight is 314 g/mol. The van der Waals surface area contributed by atoms with E-state index in [0.29, 0.717) is 12.6 Å². The summed E-state index contributed by atoms with van der Waals surface area (Å²) in [5.74, 6) is -0.745. The van der Waals surface area contributed by atoms with Crippen molar-refractivity contribution in [1.82, 2.24) is 5.32 Å². The number of aliphatic carboxylic acids is 1. The van der Waals surface area contributed by atoms with Crippen LogP contribution in [0.4, 0.5) is 0 Å². The first-order chi connectivity index (χ1) is 8.61. The summed E-state index contributed by atoms with van der Waals surface area (Å²) in [5, 5.41) is 11.9. The van der Waals surface area contributed by atoms with E-state index >= 15 is 0 Å². The smallest absolute Gasteiger partial charge is 0.304 e.